The molecule has 1 fully saturated rings. The number of H-pyrrole nitrogens is 1. The third kappa shape index (κ3) is 4.76. The summed E-state index contributed by atoms with van der Waals surface area (Å²) >= 11 is 0. The Balaban J connectivity index is 1.51. The smallest absolute Gasteiger partial charge is 0.410 e. The molecule has 1 N–H and O–H groups in total. The molecule has 4 aromatic rings. The third-order valence-corrected chi connectivity index (χ3v) is 6.09. The fourth-order valence-electron chi connectivity index (χ4n) is 4.49. The highest BCUT2D eigenvalue weighted by atomic mass is 19.1. The van der Waals surface area contributed by atoms with Gasteiger partial charge in [-0.2, -0.15) is 0 Å². The van der Waals surface area contributed by atoms with Gasteiger partial charge in [0.15, 0.2) is 0 Å². The van der Waals surface area contributed by atoms with E-state index in [1.807, 2.05) is 52.0 Å². The number of hydrogen-bond donors (Lipinski definition) is 1. The Hall–Kier alpha value is -3.94. The Morgan fingerprint density at radius 1 is 1.17 bits per heavy atom. The number of rotatable bonds is 4. The molecule has 0 spiro atoms. The molecule has 186 valence electrons. The van der Waals surface area contributed by atoms with Crippen LogP contribution in [0.2, 0.25) is 0 Å². The van der Waals surface area contributed by atoms with Gasteiger partial charge < -0.3 is 19.4 Å². The van der Waals surface area contributed by atoms with E-state index in [0.717, 1.165) is 16.6 Å². The second kappa shape index (κ2) is 9.26. The van der Waals surface area contributed by atoms with Gasteiger partial charge in [-0.25, -0.2) is 9.18 Å². The predicted molar refractivity (Wildman–Crippen MR) is 136 cm³/mol. The molecule has 1 aromatic carbocycles. The van der Waals surface area contributed by atoms with Crippen molar-refractivity contribution in [1.29, 1.82) is 0 Å². The minimum absolute atomic E-state index is 0.220. The van der Waals surface area contributed by atoms with Gasteiger partial charge in [-0.1, -0.05) is 11.6 Å². The molecule has 1 atom stereocenters. The second-order valence-electron chi connectivity index (χ2n) is 10.1. The third-order valence-electron chi connectivity index (χ3n) is 6.09. The van der Waals surface area contributed by atoms with Crippen molar-refractivity contribution < 1.29 is 18.7 Å². The lowest BCUT2D eigenvalue weighted by Gasteiger charge is -2.24. The zero-order valence-corrected chi connectivity index (χ0v) is 20.8. The number of likely N-dealkylation sites (tertiary alicyclic amines) is 1. The molecule has 3 aromatic heterocycles. The summed E-state index contributed by atoms with van der Waals surface area (Å²) in [6.07, 6.45) is 5.13. The van der Waals surface area contributed by atoms with Crippen molar-refractivity contribution in [3.8, 4) is 28.1 Å². The molecule has 36 heavy (non-hydrogen) atoms. The first kappa shape index (κ1) is 23.8. The first-order valence-electron chi connectivity index (χ1n) is 12.0. The van der Waals surface area contributed by atoms with Gasteiger partial charge >= 0.3 is 6.09 Å². The molecule has 0 radical (unpaired) electrons. The van der Waals surface area contributed by atoms with Crippen LogP contribution in [0.15, 0.2) is 55.0 Å². The maximum atomic E-state index is 15.1. The Kier molecular flexibility index (Phi) is 6.12. The number of aromatic nitrogens is 3. The summed E-state index contributed by atoms with van der Waals surface area (Å²) in [5.41, 5.74) is 4.45. The van der Waals surface area contributed by atoms with Gasteiger partial charge in [0.2, 0.25) is 0 Å². The second-order valence-corrected chi connectivity index (χ2v) is 10.1. The molecule has 7 nitrogen and oxygen atoms in total. The average molecular weight is 489 g/mol. The lowest BCUT2D eigenvalue weighted by molar-refractivity contribution is 0.0276. The average Bonchev–Trinajstić information content (AvgIpc) is 3.45. The van der Waals surface area contributed by atoms with E-state index >= 15 is 4.39 Å². The lowest BCUT2D eigenvalue weighted by atomic mass is 9.98. The van der Waals surface area contributed by atoms with Crippen molar-refractivity contribution in [2.75, 3.05) is 13.1 Å². The van der Waals surface area contributed by atoms with Crippen LogP contribution in [0.1, 0.15) is 32.8 Å². The van der Waals surface area contributed by atoms with Crippen LogP contribution in [0.4, 0.5) is 9.18 Å². The van der Waals surface area contributed by atoms with Gasteiger partial charge in [-0.3, -0.25) is 9.97 Å². The van der Waals surface area contributed by atoms with Crippen LogP contribution in [0.25, 0.3) is 33.4 Å². The first-order valence-corrected chi connectivity index (χ1v) is 12.0. The number of carbonyl (C=O) groups is 1. The molecule has 0 saturated carbocycles. The predicted octanol–water partition coefficient (Wildman–Crippen LogP) is 6.13. The summed E-state index contributed by atoms with van der Waals surface area (Å²) in [6.45, 7) is 8.44. The van der Waals surface area contributed by atoms with E-state index in [0.29, 0.717) is 47.6 Å². The summed E-state index contributed by atoms with van der Waals surface area (Å²) in [5, 5.41) is 0. The monoisotopic (exact) mass is 488 g/mol. The Labute approximate surface area is 209 Å². The fourth-order valence-corrected chi connectivity index (χ4v) is 4.49. The van der Waals surface area contributed by atoms with Crippen molar-refractivity contribution in [3.63, 3.8) is 0 Å². The van der Waals surface area contributed by atoms with Gasteiger partial charge in [-0.15, -0.1) is 0 Å². The number of halogens is 1. The maximum absolute atomic E-state index is 15.1. The van der Waals surface area contributed by atoms with E-state index in [1.54, 1.807) is 29.6 Å². The van der Waals surface area contributed by atoms with Gasteiger partial charge in [0.1, 0.15) is 23.3 Å². The highest BCUT2D eigenvalue weighted by Crippen LogP contribution is 2.42. The van der Waals surface area contributed by atoms with Crippen molar-refractivity contribution in [2.24, 2.45) is 0 Å². The van der Waals surface area contributed by atoms with E-state index in [4.69, 9.17) is 9.47 Å². The standard InChI is InChI=1S/C28H29FN4O3/c1-17-7-8-21(29)20(14-17)24-25(32-22-6-5-11-31-26(22)24)19-9-12-30-15-23(19)35-18-10-13-33(16-18)27(34)36-28(2,3)4/h5-9,11-12,14-15,18,32H,10,13,16H2,1-4H3. The van der Waals surface area contributed by atoms with Crippen LogP contribution < -0.4 is 4.74 Å². The van der Waals surface area contributed by atoms with Gasteiger partial charge in [0, 0.05) is 42.0 Å². The summed E-state index contributed by atoms with van der Waals surface area (Å²) in [4.78, 5) is 26.4. The van der Waals surface area contributed by atoms with Gasteiger partial charge in [0.05, 0.1) is 29.5 Å². The van der Waals surface area contributed by atoms with Crippen LogP contribution >= 0.6 is 0 Å². The van der Waals surface area contributed by atoms with Crippen molar-refractivity contribution >= 4 is 17.1 Å². The van der Waals surface area contributed by atoms with Crippen molar-refractivity contribution in [3.05, 3.63) is 66.4 Å². The molecule has 0 aliphatic carbocycles. The quantitative estimate of drug-likeness (QED) is 0.374. The normalized spacial score (nSPS) is 15.9. The van der Waals surface area contributed by atoms with Crippen LogP contribution in [0, 0.1) is 12.7 Å². The Bertz CT molecular complexity index is 1430. The number of hydrogen-bond acceptors (Lipinski definition) is 5. The molecular formula is C28H29FN4O3. The highest BCUT2D eigenvalue weighted by molar-refractivity contribution is 6.02. The van der Waals surface area contributed by atoms with E-state index in [1.165, 1.54) is 6.07 Å². The summed E-state index contributed by atoms with van der Waals surface area (Å²) in [6, 6.07) is 10.7. The number of benzene rings is 1. The number of ether oxygens (including phenoxy) is 2. The molecule has 1 aliphatic heterocycles. The van der Waals surface area contributed by atoms with E-state index < -0.39 is 5.60 Å². The molecule has 0 bridgehead atoms. The summed E-state index contributed by atoms with van der Waals surface area (Å²) in [5.74, 6) is 0.225. The summed E-state index contributed by atoms with van der Waals surface area (Å²) < 4.78 is 27.0. The molecule has 1 saturated heterocycles. The topological polar surface area (TPSA) is 80.3 Å². The van der Waals surface area contributed by atoms with Gasteiger partial charge in [0.25, 0.3) is 0 Å². The zero-order chi connectivity index (χ0) is 25.4. The summed E-state index contributed by atoms with van der Waals surface area (Å²) in [7, 11) is 0. The number of amides is 1. The maximum Gasteiger partial charge on any atom is 0.410 e. The zero-order valence-electron chi connectivity index (χ0n) is 20.8. The van der Waals surface area contributed by atoms with Crippen molar-refractivity contribution in [1.82, 2.24) is 19.9 Å². The fraction of sp³-hybridized carbons (Fsp3) is 0.321. The number of nitrogens with one attached hydrogen (secondary N) is 1. The molecule has 8 heteroatoms. The van der Waals surface area contributed by atoms with E-state index in [-0.39, 0.29) is 18.0 Å². The number of fused-ring (bicyclic) bond motifs is 1. The number of aromatic amines is 1. The van der Waals surface area contributed by atoms with Crippen molar-refractivity contribution in [2.45, 2.75) is 45.8 Å². The SMILES string of the molecule is Cc1ccc(F)c(-c2c(-c3ccncc3OC3CCN(C(=O)OC(C)(C)C)C3)[nH]c3cccnc23)c1. The molecule has 1 aliphatic rings. The minimum Gasteiger partial charge on any atom is -0.486 e. The Morgan fingerprint density at radius 3 is 2.81 bits per heavy atom. The highest BCUT2D eigenvalue weighted by Gasteiger charge is 2.32. The number of pyridine rings is 2. The van der Waals surface area contributed by atoms with E-state index in [9.17, 15) is 4.79 Å². The number of aryl methyl sites for hydroxylation is 1. The number of carbonyl (C=O) groups excluding carboxylic acids is 1. The molecule has 1 amide bonds. The van der Waals surface area contributed by atoms with Crippen LogP contribution in [-0.2, 0) is 4.74 Å². The number of nitrogens with zero attached hydrogens (tertiary/aromatic N) is 3. The first-order chi connectivity index (χ1) is 17.2. The largest absolute Gasteiger partial charge is 0.486 e. The lowest BCUT2D eigenvalue weighted by Crippen LogP contribution is -2.36. The molecule has 4 heterocycles. The van der Waals surface area contributed by atoms with Crippen LogP contribution in [0.3, 0.4) is 0 Å². The van der Waals surface area contributed by atoms with Crippen LogP contribution in [-0.4, -0.2) is 50.7 Å². The molecular weight excluding hydrogens is 459 g/mol. The van der Waals surface area contributed by atoms with Crippen LogP contribution in [0.5, 0.6) is 5.75 Å². The molecule has 1 unspecified atom stereocenters. The van der Waals surface area contributed by atoms with E-state index in [2.05, 4.69) is 15.0 Å². The molecule has 5 rings (SSSR count). The Morgan fingerprint density at radius 2 is 2.00 bits per heavy atom. The minimum atomic E-state index is -0.558. The van der Waals surface area contributed by atoms with Gasteiger partial charge in [-0.05, 0) is 58.0 Å².